The molecule has 0 aliphatic carbocycles. The lowest BCUT2D eigenvalue weighted by molar-refractivity contribution is -0.118. The number of nitrogens with two attached hydrogens (primary N) is 1. The van der Waals surface area contributed by atoms with Crippen LogP contribution in [-0.4, -0.2) is 21.9 Å². The molecule has 1 atom stereocenters. The highest BCUT2D eigenvalue weighted by atomic mass is 16.2. The lowest BCUT2D eigenvalue weighted by atomic mass is 10.0. The third-order valence-corrected chi connectivity index (χ3v) is 2.80. The largest absolute Gasteiger partial charge is 0.325 e. The third-order valence-electron chi connectivity index (χ3n) is 2.80. The second-order valence-corrected chi connectivity index (χ2v) is 4.60. The summed E-state index contributed by atoms with van der Waals surface area (Å²) < 4.78 is 0. The lowest BCUT2D eigenvalue weighted by Gasteiger charge is -2.15. The first kappa shape index (κ1) is 12.4. The van der Waals surface area contributed by atoms with Gasteiger partial charge in [-0.05, 0) is 24.1 Å². The molecule has 0 fully saturated rings. The Hall–Kier alpha value is -2.08. The maximum atomic E-state index is 11.8. The number of aromatic nitrogens is 2. The molecule has 96 valence electrons. The van der Waals surface area contributed by atoms with Gasteiger partial charge in [0.1, 0.15) is 0 Å². The topological polar surface area (TPSA) is 104 Å². The molecule has 0 bridgehead atoms. The molecule has 0 radical (unpaired) electrons. The van der Waals surface area contributed by atoms with E-state index in [9.17, 15) is 9.59 Å². The van der Waals surface area contributed by atoms with E-state index in [1.807, 2.05) is 13.8 Å². The van der Waals surface area contributed by atoms with Crippen molar-refractivity contribution in [2.45, 2.75) is 19.9 Å². The summed E-state index contributed by atoms with van der Waals surface area (Å²) in [5.74, 6) is -0.164. The van der Waals surface area contributed by atoms with Crippen LogP contribution in [0.5, 0.6) is 0 Å². The van der Waals surface area contributed by atoms with Crippen molar-refractivity contribution in [1.82, 2.24) is 9.97 Å². The van der Waals surface area contributed by atoms with Crippen LogP contribution in [0.1, 0.15) is 13.8 Å². The van der Waals surface area contributed by atoms with E-state index in [4.69, 9.17) is 5.73 Å². The van der Waals surface area contributed by atoms with Crippen LogP contribution >= 0.6 is 0 Å². The summed E-state index contributed by atoms with van der Waals surface area (Å²) in [6.07, 6.45) is 0. The van der Waals surface area contributed by atoms with E-state index < -0.39 is 6.04 Å². The van der Waals surface area contributed by atoms with Gasteiger partial charge in [0.25, 0.3) is 0 Å². The van der Waals surface area contributed by atoms with E-state index in [-0.39, 0.29) is 17.5 Å². The summed E-state index contributed by atoms with van der Waals surface area (Å²) in [6.45, 7) is 3.77. The predicted octanol–water partition coefficient (Wildman–Crippen LogP) is 0.778. The number of carbonyl (C=O) groups excluding carboxylic acids is 1. The number of nitrogens with one attached hydrogen (secondary N) is 3. The fourth-order valence-corrected chi connectivity index (χ4v) is 1.64. The zero-order chi connectivity index (χ0) is 13.3. The van der Waals surface area contributed by atoms with E-state index >= 15 is 0 Å². The number of benzene rings is 1. The first-order valence-corrected chi connectivity index (χ1v) is 5.76. The molecular formula is C12H16N4O2. The van der Waals surface area contributed by atoms with Gasteiger partial charge in [-0.1, -0.05) is 13.8 Å². The molecule has 18 heavy (non-hydrogen) atoms. The Bertz CT molecular complexity index is 626. The van der Waals surface area contributed by atoms with Crippen molar-refractivity contribution in [1.29, 1.82) is 0 Å². The van der Waals surface area contributed by atoms with E-state index in [2.05, 4.69) is 15.3 Å². The second-order valence-electron chi connectivity index (χ2n) is 4.60. The van der Waals surface area contributed by atoms with Gasteiger partial charge in [0.15, 0.2) is 0 Å². The first-order chi connectivity index (χ1) is 8.47. The van der Waals surface area contributed by atoms with Crippen molar-refractivity contribution in [3.63, 3.8) is 0 Å². The Balaban J connectivity index is 2.21. The van der Waals surface area contributed by atoms with E-state index in [1.165, 1.54) is 0 Å². The average molecular weight is 248 g/mol. The Kier molecular flexibility index (Phi) is 3.20. The second kappa shape index (κ2) is 4.66. The number of fused-ring (bicyclic) bond motifs is 1. The number of hydrogen-bond acceptors (Lipinski definition) is 3. The summed E-state index contributed by atoms with van der Waals surface area (Å²) in [5.41, 5.74) is 7.44. The van der Waals surface area contributed by atoms with Crippen LogP contribution < -0.4 is 16.7 Å². The molecule has 0 saturated carbocycles. The zero-order valence-electron chi connectivity index (χ0n) is 10.3. The highest BCUT2D eigenvalue weighted by Gasteiger charge is 2.17. The molecule has 2 rings (SSSR count). The molecule has 6 heteroatoms. The number of carbonyl (C=O) groups is 1. The fourth-order valence-electron chi connectivity index (χ4n) is 1.64. The number of hydrogen-bond donors (Lipinski definition) is 4. The average Bonchev–Trinajstić information content (AvgIpc) is 2.67. The minimum Gasteiger partial charge on any atom is -0.325 e. The number of aromatic amines is 2. The summed E-state index contributed by atoms with van der Waals surface area (Å²) in [5, 5.41) is 2.72. The molecule has 1 aromatic heterocycles. The summed E-state index contributed by atoms with van der Waals surface area (Å²) in [4.78, 5) is 28.1. The van der Waals surface area contributed by atoms with Crippen LogP contribution in [0.25, 0.3) is 11.0 Å². The number of rotatable bonds is 3. The first-order valence-electron chi connectivity index (χ1n) is 5.76. The normalized spacial score (nSPS) is 12.9. The van der Waals surface area contributed by atoms with Gasteiger partial charge in [-0.2, -0.15) is 0 Å². The molecule has 5 N–H and O–H groups in total. The highest BCUT2D eigenvalue weighted by Crippen LogP contribution is 2.15. The van der Waals surface area contributed by atoms with Crippen LogP contribution in [-0.2, 0) is 4.79 Å². The number of imidazole rings is 1. The van der Waals surface area contributed by atoms with Crippen molar-refractivity contribution in [3.05, 3.63) is 28.7 Å². The fraction of sp³-hybridized carbons (Fsp3) is 0.333. The number of amides is 1. The van der Waals surface area contributed by atoms with E-state index in [1.54, 1.807) is 18.2 Å². The molecule has 6 nitrogen and oxygen atoms in total. The standard InChI is InChI=1S/C12H16N4O2/c1-6(2)10(13)11(17)14-7-3-4-8-9(5-7)16-12(18)15-8/h3-6,10H,13H2,1-2H3,(H,14,17)(H2,15,16,18)/t10-/m0/s1. The number of anilines is 1. The van der Waals surface area contributed by atoms with Gasteiger partial charge >= 0.3 is 5.69 Å². The lowest BCUT2D eigenvalue weighted by Crippen LogP contribution is -2.39. The smallest absolute Gasteiger partial charge is 0.323 e. The molecule has 1 heterocycles. The van der Waals surface area contributed by atoms with Crippen LogP contribution in [0, 0.1) is 5.92 Å². The monoisotopic (exact) mass is 248 g/mol. The molecule has 2 aromatic rings. The number of H-pyrrole nitrogens is 2. The van der Waals surface area contributed by atoms with Crippen LogP contribution in [0.15, 0.2) is 23.0 Å². The third kappa shape index (κ3) is 2.43. The summed E-state index contributed by atoms with van der Waals surface area (Å²) >= 11 is 0. The summed E-state index contributed by atoms with van der Waals surface area (Å²) in [7, 11) is 0. The van der Waals surface area contributed by atoms with Crippen molar-refractivity contribution >= 4 is 22.6 Å². The van der Waals surface area contributed by atoms with Crippen molar-refractivity contribution < 1.29 is 4.79 Å². The Morgan fingerprint density at radius 1 is 1.28 bits per heavy atom. The van der Waals surface area contributed by atoms with E-state index in [0.717, 1.165) is 0 Å². The van der Waals surface area contributed by atoms with Crippen molar-refractivity contribution in [2.75, 3.05) is 5.32 Å². The van der Waals surface area contributed by atoms with E-state index in [0.29, 0.717) is 16.7 Å². The molecule has 0 unspecified atom stereocenters. The minimum absolute atomic E-state index is 0.0702. The van der Waals surface area contributed by atoms with Gasteiger partial charge in [0.2, 0.25) is 5.91 Å². The van der Waals surface area contributed by atoms with Gasteiger partial charge in [-0.15, -0.1) is 0 Å². The Labute approximate surface area is 104 Å². The molecule has 1 aromatic carbocycles. The zero-order valence-corrected chi connectivity index (χ0v) is 10.3. The van der Waals surface area contributed by atoms with Gasteiger partial charge in [-0.25, -0.2) is 4.79 Å². The van der Waals surface area contributed by atoms with Crippen LogP contribution in [0.3, 0.4) is 0 Å². The van der Waals surface area contributed by atoms with Gasteiger partial charge < -0.3 is 21.0 Å². The quantitative estimate of drug-likeness (QED) is 0.645. The molecule has 0 aliphatic rings. The van der Waals surface area contributed by atoms with Gasteiger partial charge in [0.05, 0.1) is 17.1 Å². The Morgan fingerprint density at radius 3 is 2.61 bits per heavy atom. The maximum absolute atomic E-state index is 11.8. The highest BCUT2D eigenvalue weighted by molar-refractivity contribution is 5.96. The van der Waals surface area contributed by atoms with Crippen LogP contribution in [0.4, 0.5) is 5.69 Å². The molecule has 0 aliphatic heterocycles. The SMILES string of the molecule is CC(C)[C@H](N)C(=O)Nc1ccc2[nH]c(=O)[nH]c2c1. The van der Waals surface area contributed by atoms with Gasteiger partial charge in [0, 0.05) is 5.69 Å². The maximum Gasteiger partial charge on any atom is 0.323 e. The molecular weight excluding hydrogens is 232 g/mol. The molecule has 1 amide bonds. The summed E-state index contributed by atoms with van der Waals surface area (Å²) in [6, 6.07) is 4.59. The minimum atomic E-state index is -0.550. The van der Waals surface area contributed by atoms with Gasteiger partial charge in [-0.3, -0.25) is 4.79 Å². The Morgan fingerprint density at radius 2 is 1.94 bits per heavy atom. The molecule has 0 spiro atoms. The predicted molar refractivity (Wildman–Crippen MR) is 70.4 cm³/mol. The van der Waals surface area contributed by atoms with Crippen molar-refractivity contribution in [3.8, 4) is 0 Å². The van der Waals surface area contributed by atoms with Crippen molar-refractivity contribution in [2.24, 2.45) is 11.7 Å². The van der Waals surface area contributed by atoms with Crippen LogP contribution in [0.2, 0.25) is 0 Å². The molecule has 0 saturated heterocycles.